The van der Waals surface area contributed by atoms with Crippen LogP contribution in [0.2, 0.25) is 0 Å². The molecule has 5 nitrogen and oxygen atoms in total. The van der Waals surface area contributed by atoms with Gasteiger partial charge in [-0.05, 0) is 62.4 Å². The molecule has 1 saturated carbocycles. The van der Waals surface area contributed by atoms with Gasteiger partial charge in [0, 0.05) is 12.1 Å². The maximum atomic E-state index is 12.7. The zero-order chi connectivity index (χ0) is 20.1. The predicted octanol–water partition coefficient (Wildman–Crippen LogP) is 4.41. The van der Waals surface area contributed by atoms with Crippen LogP contribution >= 0.6 is 0 Å². The van der Waals surface area contributed by atoms with E-state index in [0.29, 0.717) is 29.3 Å². The van der Waals surface area contributed by atoms with E-state index >= 15 is 0 Å². The monoisotopic (exact) mass is 400 g/mol. The molecule has 0 radical (unpaired) electrons. The largest absolute Gasteiger partial charge is 0.352 e. The predicted molar refractivity (Wildman–Crippen MR) is 112 cm³/mol. The number of rotatable bonds is 6. The van der Waals surface area contributed by atoms with Gasteiger partial charge in [-0.15, -0.1) is 0 Å². The molecule has 28 heavy (non-hydrogen) atoms. The Kier molecular flexibility index (Phi) is 6.39. The molecule has 150 valence electrons. The molecule has 1 aliphatic rings. The van der Waals surface area contributed by atoms with Crippen molar-refractivity contribution >= 4 is 21.6 Å². The summed E-state index contributed by atoms with van der Waals surface area (Å²) in [6, 6.07) is 11.8. The molecule has 0 aliphatic heterocycles. The number of carbonyl (C=O) groups excluding carboxylic acids is 1. The number of nitrogens with one attached hydrogen (secondary N) is 2. The number of anilines is 1. The van der Waals surface area contributed by atoms with E-state index in [2.05, 4.69) is 10.0 Å². The minimum Gasteiger partial charge on any atom is -0.352 e. The van der Waals surface area contributed by atoms with Crippen LogP contribution in [-0.2, 0) is 10.0 Å². The van der Waals surface area contributed by atoms with Crippen LogP contribution < -0.4 is 10.0 Å². The molecule has 0 saturated heterocycles. The van der Waals surface area contributed by atoms with Crippen molar-refractivity contribution in [3.63, 3.8) is 0 Å². The van der Waals surface area contributed by atoms with Crippen molar-refractivity contribution in [1.29, 1.82) is 0 Å². The Morgan fingerprint density at radius 1 is 1.00 bits per heavy atom. The lowest BCUT2D eigenvalue weighted by Crippen LogP contribution is -2.30. The highest BCUT2D eigenvalue weighted by molar-refractivity contribution is 7.92. The summed E-state index contributed by atoms with van der Waals surface area (Å²) in [5.74, 6) is 0.390. The molecule has 1 amide bonds. The Labute approximate surface area is 167 Å². The van der Waals surface area contributed by atoms with Gasteiger partial charge in [-0.3, -0.25) is 9.52 Å². The van der Waals surface area contributed by atoms with E-state index < -0.39 is 10.0 Å². The van der Waals surface area contributed by atoms with E-state index in [1.54, 1.807) is 49.4 Å². The van der Waals surface area contributed by atoms with Crippen LogP contribution in [0, 0.1) is 19.8 Å². The van der Waals surface area contributed by atoms with Crippen molar-refractivity contribution in [2.75, 3.05) is 11.3 Å². The molecule has 2 aromatic rings. The van der Waals surface area contributed by atoms with E-state index in [1.807, 2.05) is 6.92 Å². The highest BCUT2D eigenvalue weighted by Gasteiger charge is 2.19. The summed E-state index contributed by atoms with van der Waals surface area (Å²) < 4.78 is 27.9. The standard InChI is InChI=1S/C22H28N2O3S/c1-16-11-13-19(14-12-16)28(26,27)24-21-10-6-9-20(17(21)2)22(25)23-15-18-7-4-3-5-8-18/h6,9-14,18,24H,3-5,7-8,15H2,1-2H3,(H,23,25). The van der Waals surface area contributed by atoms with Gasteiger partial charge in [0.1, 0.15) is 0 Å². The normalized spacial score (nSPS) is 15.2. The molecule has 1 fully saturated rings. The summed E-state index contributed by atoms with van der Waals surface area (Å²) in [5.41, 5.74) is 2.54. The highest BCUT2D eigenvalue weighted by Crippen LogP contribution is 2.25. The number of sulfonamides is 1. The minimum atomic E-state index is -3.71. The van der Waals surface area contributed by atoms with Crippen LogP contribution in [0.3, 0.4) is 0 Å². The van der Waals surface area contributed by atoms with Crippen molar-refractivity contribution < 1.29 is 13.2 Å². The lowest BCUT2D eigenvalue weighted by molar-refractivity contribution is 0.0943. The van der Waals surface area contributed by atoms with Gasteiger partial charge in [-0.2, -0.15) is 0 Å². The van der Waals surface area contributed by atoms with Gasteiger partial charge in [0.05, 0.1) is 10.6 Å². The fourth-order valence-electron chi connectivity index (χ4n) is 3.64. The average molecular weight is 401 g/mol. The Morgan fingerprint density at radius 2 is 1.68 bits per heavy atom. The average Bonchev–Trinajstić information content (AvgIpc) is 2.69. The molecule has 3 rings (SSSR count). The molecule has 0 bridgehead atoms. The smallest absolute Gasteiger partial charge is 0.261 e. The number of aryl methyl sites for hydroxylation is 1. The van der Waals surface area contributed by atoms with E-state index in [1.165, 1.54) is 19.3 Å². The zero-order valence-corrected chi connectivity index (χ0v) is 17.3. The topological polar surface area (TPSA) is 75.3 Å². The molecular weight excluding hydrogens is 372 g/mol. The summed E-state index contributed by atoms with van der Waals surface area (Å²) in [7, 11) is -3.71. The second-order valence-electron chi connectivity index (χ2n) is 7.61. The van der Waals surface area contributed by atoms with Gasteiger partial charge < -0.3 is 5.32 Å². The van der Waals surface area contributed by atoms with Crippen molar-refractivity contribution in [1.82, 2.24) is 5.32 Å². The number of amides is 1. The molecule has 2 N–H and O–H groups in total. The molecule has 0 atom stereocenters. The molecule has 0 heterocycles. The molecule has 0 aromatic heterocycles. The second-order valence-corrected chi connectivity index (χ2v) is 9.29. The fraction of sp³-hybridized carbons (Fsp3) is 0.409. The number of carbonyl (C=O) groups is 1. The summed E-state index contributed by atoms with van der Waals surface area (Å²) in [6.45, 7) is 4.35. The summed E-state index contributed by atoms with van der Waals surface area (Å²) >= 11 is 0. The summed E-state index contributed by atoms with van der Waals surface area (Å²) in [5, 5.41) is 3.02. The Morgan fingerprint density at radius 3 is 2.36 bits per heavy atom. The Hall–Kier alpha value is -2.34. The first-order chi connectivity index (χ1) is 13.4. The number of hydrogen-bond acceptors (Lipinski definition) is 3. The maximum Gasteiger partial charge on any atom is 0.261 e. The quantitative estimate of drug-likeness (QED) is 0.754. The molecule has 0 spiro atoms. The van der Waals surface area contributed by atoms with Gasteiger partial charge >= 0.3 is 0 Å². The summed E-state index contributed by atoms with van der Waals surface area (Å²) in [4.78, 5) is 12.8. The van der Waals surface area contributed by atoms with Gasteiger partial charge in [-0.25, -0.2) is 8.42 Å². The first kappa shape index (κ1) is 20.4. The minimum absolute atomic E-state index is 0.153. The third kappa shape index (κ3) is 4.93. The van der Waals surface area contributed by atoms with Crippen molar-refractivity contribution in [2.24, 2.45) is 5.92 Å². The Balaban J connectivity index is 1.73. The lowest BCUT2D eigenvalue weighted by atomic mass is 9.89. The zero-order valence-electron chi connectivity index (χ0n) is 16.5. The summed E-state index contributed by atoms with van der Waals surface area (Å²) in [6.07, 6.45) is 6.07. The van der Waals surface area contributed by atoms with Gasteiger partial charge in [-0.1, -0.05) is 43.0 Å². The highest BCUT2D eigenvalue weighted by atomic mass is 32.2. The SMILES string of the molecule is Cc1ccc(S(=O)(=O)Nc2cccc(C(=O)NCC3CCCCC3)c2C)cc1. The molecular formula is C22H28N2O3S. The van der Waals surface area contributed by atoms with Crippen molar-refractivity contribution in [3.8, 4) is 0 Å². The van der Waals surface area contributed by atoms with Crippen molar-refractivity contribution in [3.05, 3.63) is 59.2 Å². The van der Waals surface area contributed by atoms with Crippen LogP contribution in [0.1, 0.15) is 53.6 Å². The van der Waals surface area contributed by atoms with Crippen LogP contribution in [0.4, 0.5) is 5.69 Å². The van der Waals surface area contributed by atoms with Crippen LogP contribution in [-0.4, -0.2) is 20.9 Å². The van der Waals surface area contributed by atoms with E-state index in [4.69, 9.17) is 0 Å². The molecule has 6 heteroatoms. The first-order valence-electron chi connectivity index (χ1n) is 9.84. The second kappa shape index (κ2) is 8.78. The number of hydrogen-bond donors (Lipinski definition) is 2. The fourth-order valence-corrected chi connectivity index (χ4v) is 4.76. The van der Waals surface area contributed by atoms with Crippen LogP contribution in [0.15, 0.2) is 47.4 Å². The van der Waals surface area contributed by atoms with Gasteiger partial charge in [0.2, 0.25) is 0 Å². The first-order valence-corrected chi connectivity index (χ1v) is 11.3. The third-order valence-corrected chi connectivity index (χ3v) is 6.81. The number of benzene rings is 2. The van der Waals surface area contributed by atoms with E-state index in [0.717, 1.165) is 18.4 Å². The van der Waals surface area contributed by atoms with Crippen LogP contribution in [0.5, 0.6) is 0 Å². The molecule has 2 aromatic carbocycles. The van der Waals surface area contributed by atoms with Gasteiger partial charge in [0.15, 0.2) is 0 Å². The molecule has 1 aliphatic carbocycles. The Bertz CT molecular complexity index is 931. The van der Waals surface area contributed by atoms with Gasteiger partial charge in [0.25, 0.3) is 15.9 Å². The van der Waals surface area contributed by atoms with E-state index in [9.17, 15) is 13.2 Å². The van der Waals surface area contributed by atoms with Crippen LogP contribution in [0.25, 0.3) is 0 Å². The van der Waals surface area contributed by atoms with E-state index in [-0.39, 0.29) is 10.8 Å². The molecule has 0 unspecified atom stereocenters. The van der Waals surface area contributed by atoms with Crippen molar-refractivity contribution in [2.45, 2.75) is 50.8 Å². The maximum absolute atomic E-state index is 12.7. The lowest BCUT2D eigenvalue weighted by Gasteiger charge is -2.22. The third-order valence-electron chi connectivity index (χ3n) is 5.43.